The van der Waals surface area contributed by atoms with Crippen LogP contribution in [0.1, 0.15) is 12.5 Å². The lowest BCUT2D eigenvalue weighted by atomic mass is 10.2. The van der Waals surface area contributed by atoms with Crippen molar-refractivity contribution < 1.29 is 9.50 Å². The molecular formula is C12H18FN3O. The van der Waals surface area contributed by atoms with Crippen LogP contribution in [0.4, 0.5) is 4.39 Å². The Morgan fingerprint density at radius 3 is 2.59 bits per heavy atom. The highest BCUT2D eigenvalue weighted by atomic mass is 19.1. The lowest BCUT2D eigenvalue weighted by molar-refractivity contribution is 0.300. The van der Waals surface area contributed by atoms with Crippen molar-refractivity contribution in [1.29, 1.82) is 0 Å². The first kappa shape index (κ1) is 13.4. The highest BCUT2D eigenvalue weighted by Crippen LogP contribution is 2.03. The number of aliphatic hydroxyl groups is 1. The maximum absolute atomic E-state index is 12.7. The van der Waals surface area contributed by atoms with Gasteiger partial charge in [0.15, 0.2) is 5.96 Å². The first-order valence-corrected chi connectivity index (χ1v) is 5.63. The molecule has 0 saturated heterocycles. The maximum Gasteiger partial charge on any atom is 0.191 e. The maximum atomic E-state index is 12.7. The van der Waals surface area contributed by atoms with Gasteiger partial charge < -0.3 is 15.7 Å². The fourth-order valence-corrected chi connectivity index (χ4v) is 1.28. The van der Waals surface area contributed by atoms with Crippen molar-refractivity contribution in [3.8, 4) is 0 Å². The number of aliphatic hydroxyl groups excluding tert-OH is 1. The smallest absolute Gasteiger partial charge is 0.191 e. The van der Waals surface area contributed by atoms with Crippen molar-refractivity contribution in [3.63, 3.8) is 0 Å². The van der Waals surface area contributed by atoms with E-state index < -0.39 is 0 Å². The summed E-state index contributed by atoms with van der Waals surface area (Å²) in [6, 6.07) is 6.24. The molecule has 1 rings (SSSR count). The van der Waals surface area contributed by atoms with E-state index in [9.17, 15) is 4.39 Å². The molecule has 0 aliphatic carbocycles. The van der Waals surface area contributed by atoms with Crippen LogP contribution in [0, 0.1) is 5.82 Å². The van der Waals surface area contributed by atoms with Crippen LogP contribution in [-0.2, 0) is 6.54 Å². The Labute approximate surface area is 101 Å². The van der Waals surface area contributed by atoms with Crippen LogP contribution in [0.2, 0.25) is 0 Å². The van der Waals surface area contributed by atoms with Crippen LogP contribution >= 0.6 is 0 Å². The van der Waals surface area contributed by atoms with Gasteiger partial charge >= 0.3 is 0 Å². The fraction of sp³-hybridized carbons (Fsp3) is 0.417. The number of hydrogen-bond donors (Lipinski definition) is 3. The molecule has 3 N–H and O–H groups in total. The van der Waals surface area contributed by atoms with Crippen LogP contribution in [0.5, 0.6) is 0 Å². The van der Waals surface area contributed by atoms with Crippen LogP contribution < -0.4 is 10.6 Å². The summed E-state index contributed by atoms with van der Waals surface area (Å²) in [6.45, 7) is 3.70. The predicted octanol–water partition coefficient (Wildman–Crippen LogP) is 0.873. The van der Waals surface area contributed by atoms with Crippen molar-refractivity contribution in [2.24, 2.45) is 4.99 Å². The molecule has 0 saturated carbocycles. The zero-order valence-electron chi connectivity index (χ0n) is 9.91. The summed E-state index contributed by atoms with van der Waals surface area (Å²) in [7, 11) is 0. The zero-order chi connectivity index (χ0) is 12.5. The van der Waals surface area contributed by atoms with Crippen molar-refractivity contribution in [3.05, 3.63) is 35.6 Å². The van der Waals surface area contributed by atoms with E-state index in [4.69, 9.17) is 5.11 Å². The molecule has 0 atom stereocenters. The molecular weight excluding hydrogens is 221 g/mol. The molecule has 0 amide bonds. The Morgan fingerprint density at radius 2 is 2.00 bits per heavy atom. The summed E-state index contributed by atoms with van der Waals surface area (Å²) in [6.07, 6.45) is 0. The van der Waals surface area contributed by atoms with Gasteiger partial charge in [-0.05, 0) is 24.6 Å². The van der Waals surface area contributed by atoms with Gasteiger partial charge in [0.1, 0.15) is 5.82 Å². The van der Waals surface area contributed by atoms with Crippen molar-refractivity contribution in [2.45, 2.75) is 13.5 Å². The molecule has 17 heavy (non-hydrogen) atoms. The van der Waals surface area contributed by atoms with E-state index in [1.807, 2.05) is 6.92 Å². The minimum absolute atomic E-state index is 0.0565. The van der Waals surface area contributed by atoms with E-state index in [1.54, 1.807) is 12.1 Å². The Balaban J connectivity index is 2.55. The Hall–Kier alpha value is -1.62. The van der Waals surface area contributed by atoms with Gasteiger partial charge in [-0.2, -0.15) is 0 Å². The van der Waals surface area contributed by atoms with Gasteiger partial charge in [-0.1, -0.05) is 12.1 Å². The van der Waals surface area contributed by atoms with E-state index >= 15 is 0 Å². The number of nitrogens with zero attached hydrogens (tertiary/aromatic N) is 1. The van der Waals surface area contributed by atoms with Gasteiger partial charge in [0.2, 0.25) is 0 Å². The van der Waals surface area contributed by atoms with Crippen molar-refractivity contribution in [2.75, 3.05) is 19.7 Å². The number of benzene rings is 1. The molecule has 4 nitrogen and oxygen atoms in total. The van der Waals surface area contributed by atoms with E-state index in [0.717, 1.165) is 12.1 Å². The lowest BCUT2D eigenvalue weighted by Gasteiger charge is -2.09. The second-order valence-corrected chi connectivity index (χ2v) is 3.47. The molecule has 0 spiro atoms. The molecule has 94 valence electrons. The van der Waals surface area contributed by atoms with Gasteiger partial charge in [0.05, 0.1) is 13.2 Å². The Kier molecular flexibility index (Phi) is 6.03. The standard InChI is InChI=1S/C12H18FN3O/c1-2-14-12(15-7-8-17)16-9-10-3-5-11(13)6-4-10/h3-6,17H,2,7-9H2,1H3,(H2,14,15,16). The van der Waals surface area contributed by atoms with Gasteiger partial charge in [-0.3, -0.25) is 0 Å². The largest absolute Gasteiger partial charge is 0.395 e. The second-order valence-electron chi connectivity index (χ2n) is 3.47. The summed E-state index contributed by atoms with van der Waals surface area (Å²) in [4.78, 5) is 4.31. The number of guanidine groups is 1. The summed E-state index contributed by atoms with van der Waals surface area (Å²) in [5.74, 6) is 0.397. The first-order valence-electron chi connectivity index (χ1n) is 5.63. The quantitative estimate of drug-likeness (QED) is 0.528. The van der Waals surface area contributed by atoms with Gasteiger partial charge in [0, 0.05) is 13.1 Å². The molecule has 0 unspecified atom stereocenters. The Morgan fingerprint density at radius 1 is 1.29 bits per heavy atom. The number of hydrogen-bond acceptors (Lipinski definition) is 2. The van der Waals surface area contributed by atoms with Crippen LogP contribution in [0.15, 0.2) is 29.3 Å². The predicted molar refractivity (Wildman–Crippen MR) is 66.3 cm³/mol. The molecule has 0 aliphatic heterocycles. The van der Waals surface area contributed by atoms with E-state index in [1.165, 1.54) is 12.1 Å². The van der Waals surface area contributed by atoms with Crippen LogP contribution in [-0.4, -0.2) is 30.8 Å². The third-order valence-electron chi connectivity index (χ3n) is 2.08. The highest BCUT2D eigenvalue weighted by Gasteiger charge is 1.96. The molecule has 5 heteroatoms. The van der Waals surface area contributed by atoms with Gasteiger partial charge in [-0.15, -0.1) is 0 Å². The van der Waals surface area contributed by atoms with Crippen molar-refractivity contribution in [1.82, 2.24) is 10.6 Å². The topological polar surface area (TPSA) is 56.7 Å². The fourth-order valence-electron chi connectivity index (χ4n) is 1.28. The summed E-state index contributed by atoms with van der Waals surface area (Å²) in [5.41, 5.74) is 0.938. The van der Waals surface area contributed by atoms with Crippen LogP contribution in [0.3, 0.4) is 0 Å². The molecule has 0 heterocycles. The number of aliphatic imine (C=N–C) groups is 1. The van der Waals surface area contributed by atoms with Crippen molar-refractivity contribution >= 4 is 5.96 Å². The van der Waals surface area contributed by atoms with Crippen LogP contribution in [0.25, 0.3) is 0 Å². The van der Waals surface area contributed by atoms with Gasteiger partial charge in [0.25, 0.3) is 0 Å². The number of nitrogens with one attached hydrogen (secondary N) is 2. The Bertz CT molecular complexity index is 351. The minimum Gasteiger partial charge on any atom is -0.395 e. The van der Waals surface area contributed by atoms with E-state index in [2.05, 4.69) is 15.6 Å². The molecule has 1 aromatic carbocycles. The minimum atomic E-state index is -0.247. The molecule has 0 radical (unpaired) electrons. The zero-order valence-corrected chi connectivity index (χ0v) is 9.91. The third kappa shape index (κ3) is 5.31. The first-order chi connectivity index (χ1) is 8.26. The normalized spacial score (nSPS) is 11.4. The summed E-state index contributed by atoms with van der Waals surface area (Å²) < 4.78 is 12.7. The van der Waals surface area contributed by atoms with E-state index in [-0.39, 0.29) is 12.4 Å². The molecule has 0 bridgehead atoms. The highest BCUT2D eigenvalue weighted by molar-refractivity contribution is 5.79. The average Bonchev–Trinajstić information content (AvgIpc) is 2.35. The summed E-state index contributed by atoms with van der Waals surface area (Å²) in [5, 5.41) is 14.7. The third-order valence-corrected chi connectivity index (χ3v) is 2.08. The average molecular weight is 239 g/mol. The summed E-state index contributed by atoms with van der Waals surface area (Å²) >= 11 is 0. The molecule has 0 aromatic heterocycles. The lowest BCUT2D eigenvalue weighted by Crippen LogP contribution is -2.38. The molecule has 0 aliphatic rings. The number of halogens is 1. The SMILES string of the molecule is CCNC(=NCc1ccc(F)cc1)NCCO. The monoisotopic (exact) mass is 239 g/mol. The molecule has 0 fully saturated rings. The van der Waals surface area contributed by atoms with Gasteiger partial charge in [-0.25, -0.2) is 9.38 Å². The number of rotatable bonds is 5. The second kappa shape index (κ2) is 7.62. The van der Waals surface area contributed by atoms with E-state index in [0.29, 0.717) is 19.0 Å². The molecule has 1 aromatic rings.